The molecule has 1 heterocycles. The van der Waals surface area contributed by atoms with Gasteiger partial charge in [-0.25, -0.2) is 0 Å². The Morgan fingerprint density at radius 3 is 2.67 bits per heavy atom. The summed E-state index contributed by atoms with van der Waals surface area (Å²) in [5.74, 6) is 1.38. The third-order valence-electron chi connectivity index (χ3n) is 2.63. The molecule has 1 fully saturated rings. The second-order valence-electron chi connectivity index (χ2n) is 4.72. The van der Waals surface area contributed by atoms with E-state index in [1.54, 1.807) is 0 Å². The average molecular weight is 171 g/mol. The molecule has 0 aromatic carbocycles. The zero-order valence-corrected chi connectivity index (χ0v) is 8.47. The van der Waals surface area contributed by atoms with Crippen LogP contribution in [0.5, 0.6) is 0 Å². The maximum Gasteiger partial charge on any atom is 0.0630 e. The molecule has 0 saturated carbocycles. The zero-order chi connectivity index (χ0) is 9.19. The van der Waals surface area contributed by atoms with E-state index in [0.29, 0.717) is 5.92 Å². The molecule has 0 aromatic rings. The molecule has 0 spiro atoms. The van der Waals surface area contributed by atoms with Crippen LogP contribution in [-0.2, 0) is 4.74 Å². The topological polar surface area (TPSA) is 35.2 Å². The first-order chi connectivity index (χ1) is 5.53. The molecule has 0 radical (unpaired) electrons. The van der Waals surface area contributed by atoms with Crippen LogP contribution < -0.4 is 5.73 Å². The molecule has 2 nitrogen and oxygen atoms in total. The summed E-state index contributed by atoms with van der Waals surface area (Å²) < 4.78 is 5.66. The minimum Gasteiger partial charge on any atom is -0.375 e. The lowest BCUT2D eigenvalue weighted by Gasteiger charge is -2.16. The molecule has 1 aliphatic heterocycles. The molecule has 72 valence electrons. The number of hydrogen-bond donors (Lipinski definition) is 1. The molecule has 0 aromatic heterocycles. The Labute approximate surface area is 75.5 Å². The van der Waals surface area contributed by atoms with E-state index in [0.717, 1.165) is 19.1 Å². The van der Waals surface area contributed by atoms with Crippen molar-refractivity contribution in [1.29, 1.82) is 0 Å². The molecule has 2 atom stereocenters. The Balaban J connectivity index is 2.28. The van der Waals surface area contributed by atoms with Crippen molar-refractivity contribution in [3.05, 3.63) is 0 Å². The van der Waals surface area contributed by atoms with Crippen molar-refractivity contribution in [3.63, 3.8) is 0 Å². The van der Waals surface area contributed by atoms with Gasteiger partial charge in [-0.05, 0) is 45.1 Å². The fraction of sp³-hybridized carbons (Fsp3) is 1.00. The summed E-state index contributed by atoms with van der Waals surface area (Å²) in [6.07, 6.45) is 2.41. The molecule has 1 rings (SSSR count). The van der Waals surface area contributed by atoms with Gasteiger partial charge in [-0.2, -0.15) is 0 Å². The maximum atomic E-state index is 5.66. The standard InChI is InChI=1S/C10H21NO/c1-8(6-11)4-9-5-10(2,3)12-7-9/h8-9H,4-7,11H2,1-3H3/t8?,9-/m1/s1. The molecule has 1 unspecified atom stereocenters. The zero-order valence-electron chi connectivity index (χ0n) is 8.47. The van der Waals surface area contributed by atoms with Crippen molar-refractivity contribution in [2.45, 2.75) is 39.2 Å². The minimum atomic E-state index is 0.110. The third kappa shape index (κ3) is 2.76. The Morgan fingerprint density at radius 2 is 2.25 bits per heavy atom. The molecule has 1 aliphatic rings. The first-order valence-corrected chi connectivity index (χ1v) is 4.87. The lowest BCUT2D eigenvalue weighted by molar-refractivity contribution is 0.0346. The van der Waals surface area contributed by atoms with Crippen LogP contribution in [0.1, 0.15) is 33.6 Å². The normalized spacial score (nSPS) is 30.5. The van der Waals surface area contributed by atoms with Crippen LogP contribution in [0.15, 0.2) is 0 Å². The summed E-state index contributed by atoms with van der Waals surface area (Å²) in [5.41, 5.74) is 5.69. The van der Waals surface area contributed by atoms with Gasteiger partial charge in [0.1, 0.15) is 0 Å². The number of hydrogen-bond acceptors (Lipinski definition) is 2. The van der Waals surface area contributed by atoms with Gasteiger partial charge in [0.25, 0.3) is 0 Å². The van der Waals surface area contributed by atoms with E-state index in [1.165, 1.54) is 12.8 Å². The molecule has 2 N–H and O–H groups in total. The SMILES string of the molecule is CC(CN)C[C@H]1COC(C)(C)C1. The maximum absolute atomic E-state index is 5.66. The number of nitrogens with two attached hydrogens (primary N) is 1. The van der Waals surface area contributed by atoms with E-state index >= 15 is 0 Å². The first kappa shape index (κ1) is 10.0. The summed E-state index contributed by atoms with van der Waals surface area (Å²) in [6.45, 7) is 8.28. The van der Waals surface area contributed by atoms with Gasteiger partial charge in [0, 0.05) is 0 Å². The van der Waals surface area contributed by atoms with Crippen LogP contribution in [0.3, 0.4) is 0 Å². The highest BCUT2D eigenvalue weighted by Crippen LogP contribution is 2.32. The van der Waals surface area contributed by atoms with Gasteiger partial charge < -0.3 is 10.5 Å². The fourth-order valence-electron chi connectivity index (χ4n) is 1.97. The smallest absolute Gasteiger partial charge is 0.0630 e. The summed E-state index contributed by atoms with van der Waals surface area (Å²) >= 11 is 0. The van der Waals surface area contributed by atoms with Gasteiger partial charge in [-0.15, -0.1) is 0 Å². The highest BCUT2D eigenvalue weighted by molar-refractivity contribution is 4.81. The van der Waals surface area contributed by atoms with Gasteiger partial charge in [-0.1, -0.05) is 6.92 Å². The van der Waals surface area contributed by atoms with Crippen LogP contribution in [0, 0.1) is 11.8 Å². The van der Waals surface area contributed by atoms with E-state index in [4.69, 9.17) is 10.5 Å². The fourth-order valence-corrected chi connectivity index (χ4v) is 1.97. The lowest BCUT2D eigenvalue weighted by atomic mass is 9.90. The Bertz CT molecular complexity index is 145. The second-order valence-corrected chi connectivity index (χ2v) is 4.72. The molecule has 12 heavy (non-hydrogen) atoms. The summed E-state index contributed by atoms with van der Waals surface area (Å²) in [6, 6.07) is 0. The minimum absolute atomic E-state index is 0.110. The van der Waals surface area contributed by atoms with Crippen molar-refractivity contribution in [2.24, 2.45) is 17.6 Å². The van der Waals surface area contributed by atoms with Gasteiger partial charge in [-0.3, -0.25) is 0 Å². The van der Waals surface area contributed by atoms with E-state index < -0.39 is 0 Å². The van der Waals surface area contributed by atoms with Crippen LogP contribution in [0.25, 0.3) is 0 Å². The van der Waals surface area contributed by atoms with E-state index in [9.17, 15) is 0 Å². The van der Waals surface area contributed by atoms with Crippen molar-refractivity contribution >= 4 is 0 Å². The molecule has 2 heteroatoms. The van der Waals surface area contributed by atoms with Gasteiger partial charge in [0.15, 0.2) is 0 Å². The van der Waals surface area contributed by atoms with Gasteiger partial charge in [0.2, 0.25) is 0 Å². The van der Waals surface area contributed by atoms with Crippen molar-refractivity contribution in [2.75, 3.05) is 13.2 Å². The monoisotopic (exact) mass is 171 g/mol. The molecule has 0 aliphatic carbocycles. The van der Waals surface area contributed by atoms with E-state index in [-0.39, 0.29) is 5.60 Å². The molecular weight excluding hydrogens is 150 g/mol. The second kappa shape index (κ2) is 3.75. The Morgan fingerprint density at radius 1 is 1.58 bits per heavy atom. The molecule has 0 bridgehead atoms. The van der Waals surface area contributed by atoms with Crippen molar-refractivity contribution in [3.8, 4) is 0 Å². The Hall–Kier alpha value is -0.0800. The first-order valence-electron chi connectivity index (χ1n) is 4.87. The summed E-state index contributed by atoms with van der Waals surface area (Å²) in [4.78, 5) is 0. The molecular formula is C10H21NO. The third-order valence-corrected chi connectivity index (χ3v) is 2.63. The van der Waals surface area contributed by atoms with Crippen LogP contribution >= 0.6 is 0 Å². The van der Waals surface area contributed by atoms with Crippen molar-refractivity contribution in [1.82, 2.24) is 0 Å². The highest BCUT2D eigenvalue weighted by atomic mass is 16.5. The highest BCUT2D eigenvalue weighted by Gasteiger charge is 2.32. The van der Waals surface area contributed by atoms with Gasteiger partial charge in [0.05, 0.1) is 12.2 Å². The lowest BCUT2D eigenvalue weighted by Crippen LogP contribution is -2.18. The summed E-state index contributed by atoms with van der Waals surface area (Å²) in [7, 11) is 0. The van der Waals surface area contributed by atoms with Gasteiger partial charge >= 0.3 is 0 Å². The number of ether oxygens (including phenoxy) is 1. The van der Waals surface area contributed by atoms with Crippen LogP contribution in [-0.4, -0.2) is 18.8 Å². The Kier molecular flexibility index (Phi) is 3.13. The van der Waals surface area contributed by atoms with Crippen LogP contribution in [0.2, 0.25) is 0 Å². The van der Waals surface area contributed by atoms with E-state index in [1.807, 2.05) is 0 Å². The number of rotatable bonds is 3. The summed E-state index contributed by atoms with van der Waals surface area (Å²) in [5, 5.41) is 0. The molecule has 0 amide bonds. The predicted octanol–water partition coefficient (Wildman–Crippen LogP) is 1.79. The molecule has 1 saturated heterocycles. The quantitative estimate of drug-likeness (QED) is 0.702. The predicted molar refractivity (Wildman–Crippen MR) is 51.0 cm³/mol. The van der Waals surface area contributed by atoms with Crippen LogP contribution in [0.4, 0.5) is 0 Å². The van der Waals surface area contributed by atoms with E-state index in [2.05, 4.69) is 20.8 Å². The van der Waals surface area contributed by atoms with Crippen molar-refractivity contribution < 1.29 is 4.74 Å². The average Bonchev–Trinajstić information content (AvgIpc) is 2.30. The largest absolute Gasteiger partial charge is 0.375 e.